The fourth-order valence-electron chi connectivity index (χ4n) is 0.802. The molecule has 8 heteroatoms. The van der Waals surface area contributed by atoms with E-state index in [1.807, 2.05) is 0 Å². The van der Waals surface area contributed by atoms with Crippen LogP contribution in [0.4, 0.5) is 5.69 Å². The van der Waals surface area contributed by atoms with Gasteiger partial charge in [0.05, 0.1) is 5.69 Å². The van der Waals surface area contributed by atoms with Crippen LogP contribution in [0, 0.1) is 0 Å². The summed E-state index contributed by atoms with van der Waals surface area (Å²) in [6, 6.07) is 6.83. The van der Waals surface area contributed by atoms with Gasteiger partial charge >= 0.3 is 0 Å². The summed E-state index contributed by atoms with van der Waals surface area (Å²) in [4.78, 5) is 3.98. The molecule has 0 saturated heterocycles. The van der Waals surface area contributed by atoms with E-state index in [0.717, 1.165) is 0 Å². The molecule has 0 unspecified atom stereocenters. The standard InChI is InChI=1S/C8H11ClN6.ClH/c9-5-1-3-6(4-2-5)13-8(12)15-14-7(10)11;/h1-4H,(H4,10,11,14)(H3,12,13,15);1H. The van der Waals surface area contributed by atoms with Crippen LogP contribution in [0.2, 0.25) is 5.02 Å². The van der Waals surface area contributed by atoms with E-state index < -0.39 is 0 Å². The highest BCUT2D eigenvalue weighted by atomic mass is 35.5. The molecule has 0 atom stereocenters. The number of nitrogens with one attached hydrogen (secondary N) is 1. The number of aliphatic imine (C=N–C) groups is 1. The minimum atomic E-state index is -0.121. The smallest absolute Gasteiger partial charge is 0.214 e. The molecular formula is C8H12Cl2N6. The van der Waals surface area contributed by atoms with Crippen LogP contribution < -0.4 is 22.6 Å². The number of benzene rings is 1. The second kappa shape index (κ2) is 6.76. The zero-order valence-corrected chi connectivity index (χ0v) is 9.79. The summed E-state index contributed by atoms with van der Waals surface area (Å²) in [7, 11) is 0. The number of hydrazone groups is 1. The zero-order chi connectivity index (χ0) is 11.3. The van der Waals surface area contributed by atoms with Crippen LogP contribution in [0.5, 0.6) is 0 Å². The Balaban J connectivity index is 0.00000225. The topological polar surface area (TPSA) is 115 Å². The molecule has 0 spiro atoms. The van der Waals surface area contributed by atoms with E-state index in [9.17, 15) is 0 Å². The van der Waals surface area contributed by atoms with E-state index in [-0.39, 0.29) is 24.3 Å². The maximum absolute atomic E-state index is 5.70. The molecule has 0 amide bonds. The lowest BCUT2D eigenvalue weighted by atomic mass is 10.3. The lowest BCUT2D eigenvalue weighted by molar-refractivity contribution is 0.994. The van der Waals surface area contributed by atoms with Crippen molar-refractivity contribution in [2.45, 2.75) is 0 Å². The predicted octanol–water partition coefficient (Wildman–Crippen LogP) is 0.486. The Bertz CT molecular complexity index is 382. The quantitative estimate of drug-likeness (QED) is 0.353. The molecule has 0 fully saturated rings. The monoisotopic (exact) mass is 262 g/mol. The molecule has 0 aliphatic rings. The maximum atomic E-state index is 5.70. The SMILES string of the molecule is Cl.NC(N)=NNC(N)=Nc1ccc(Cl)cc1. The minimum Gasteiger partial charge on any atom is -0.369 e. The van der Waals surface area contributed by atoms with Gasteiger partial charge in [0.1, 0.15) is 0 Å². The summed E-state index contributed by atoms with van der Waals surface area (Å²) in [5, 5.41) is 4.11. The summed E-state index contributed by atoms with van der Waals surface area (Å²) in [6.45, 7) is 0. The largest absolute Gasteiger partial charge is 0.369 e. The van der Waals surface area contributed by atoms with Gasteiger partial charge in [-0.25, -0.2) is 10.4 Å². The van der Waals surface area contributed by atoms with Crippen molar-refractivity contribution >= 4 is 41.6 Å². The van der Waals surface area contributed by atoms with E-state index in [1.54, 1.807) is 24.3 Å². The average Bonchev–Trinajstić information content (AvgIpc) is 2.19. The summed E-state index contributed by atoms with van der Waals surface area (Å²) in [5.41, 5.74) is 18.7. The van der Waals surface area contributed by atoms with E-state index in [1.165, 1.54) is 0 Å². The van der Waals surface area contributed by atoms with Crippen molar-refractivity contribution in [1.82, 2.24) is 5.43 Å². The number of nitrogens with zero attached hydrogens (tertiary/aromatic N) is 2. The van der Waals surface area contributed by atoms with E-state index in [2.05, 4.69) is 15.5 Å². The van der Waals surface area contributed by atoms with Crippen molar-refractivity contribution in [1.29, 1.82) is 0 Å². The van der Waals surface area contributed by atoms with Crippen molar-refractivity contribution in [3.05, 3.63) is 29.3 Å². The maximum Gasteiger partial charge on any atom is 0.214 e. The molecule has 0 bridgehead atoms. The Morgan fingerprint density at radius 3 is 2.19 bits per heavy atom. The van der Waals surface area contributed by atoms with Crippen molar-refractivity contribution in [3.8, 4) is 0 Å². The first kappa shape index (κ1) is 14.3. The molecule has 0 aliphatic heterocycles. The van der Waals surface area contributed by atoms with Crippen LogP contribution in [0.15, 0.2) is 34.4 Å². The predicted molar refractivity (Wildman–Crippen MR) is 68.9 cm³/mol. The molecule has 0 heterocycles. The summed E-state index contributed by atoms with van der Waals surface area (Å²) < 4.78 is 0. The molecule has 16 heavy (non-hydrogen) atoms. The van der Waals surface area contributed by atoms with Gasteiger partial charge in [0, 0.05) is 5.02 Å². The second-order valence-corrected chi connectivity index (χ2v) is 3.06. The Labute approximate surface area is 104 Å². The molecule has 0 aromatic heterocycles. The normalized spacial score (nSPS) is 10.2. The molecule has 1 aromatic rings. The van der Waals surface area contributed by atoms with Crippen LogP contribution >= 0.6 is 24.0 Å². The van der Waals surface area contributed by atoms with Gasteiger partial charge in [-0.1, -0.05) is 11.6 Å². The van der Waals surface area contributed by atoms with Crippen LogP contribution in [-0.4, -0.2) is 11.9 Å². The fraction of sp³-hybridized carbons (Fsp3) is 0. The van der Waals surface area contributed by atoms with Gasteiger partial charge < -0.3 is 17.2 Å². The van der Waals surface area contributed by atoms with Gasteiger partial charge in [-0.3, -0.25) is 0 Å². The first-order chi connectivity index (χ1) is 7.08. The lowest BCUT2D eigenvalue weighted by Crippen LogP contribution is -2.32. The molecule has 0 radical (unpaired) electrons. The van der Waals surface area contributed by atoms with Gasteiger partial charge in [-0.2, -0.15) is 0 Å². The number of nitrogens with two attached hydrogens (primary N) is 3. The number of halogens is 2. The Hall–Kier alpha value is -1.66. The van der Waals surface area contributed by atoms with Crippen molar-refractivity contribution in [2.75, 3.05) is 0 Å². The van der Waals surface area contributed by atoms with Crippen LogP contribution in [0.25, 0.3) is 0 Å². The van der Waals surface area contributed by atoms with E-state index >= 15 is 0 Å². The van der Waals surface area contributed by atoms with Gasteiger partial charge in [-0.05, 0) is 24.3 Å². The second-order valence-electron chi connectivity index (χ2n) is 2.62. The summed E-state index contributed by atoms with van der Waals surface area (Å²) in [6.07, 6.45) is 0. The summed E-state index contributed by atoms with van der Waals surface area (Å²) in [5.74, 6) is -0.0324. The van der Waals surface area contributed by atoms with E-state index in [4.69, 9.17) is 28.8 Å². The van der Waals surface area contributed by atoms with Crippen molar-refractivity contribution in [2.24, 2.45) is 27.3 Å². The molecular weight excluding hydrogens is 251 g/mol. The Morgan fingerprint density at radius 1 is 1.12 bits per heavy atom. The number of hydrogen-bond donors (Lipinski definition) is 4. The highest BCUT2D eigenvalue weighted by Gasteiger charge is 1.92. The minimum absolute atomic E-state index is 0. The molecule has 0 saturated carbocycles. The molecule has 1 aromatic carbocycles. The Kier molecular flexibility index (Phi) is 6.06. The van der Waals surface area contributed by atoms with Gasteiger partial charge in [-0.15, -0.1) is 17.5 Å². The highest BCUT2D eigenvalue weighted by molar-refractivity contribution is 6.30. The van der Waals surface area contributed by atoms with Crippen molar-refractivity contribution < 1.29 is 0 Å². The third kappa shape index (κ3) is 5.28. The molecule has 1 rings (SSSR count). The van der Waals surface area contributed by atoms with Crippen molar-refractivity contribution in [3.63, 3.8) is 0 Å². The van der Waals surface area contributed by atoms with Crippen LogP contribution in [-0.2, 0) is 0 Å². The number of rotatable bonds is 2. The number of hydrogen-bond acceptors (Lipinski definition) is 2. The molecule has 7 N–H and O–H groups in total. The highest BCUT2D eigenvalue weighted by Crippen LogP contribution is 2.15. The van der Waals surface area contributed by atoms with Crippen LogP contribution in [0.3, 0.4) is 0 Å². The third-order valence-electron chi connectivity index (χ3n) is 1.38. The lowest BCUT2D eigenvalue weighted by Gasteiger charge is -1.99. The first-order valence-electron chi connectivity index (χ1n) is 4.02. The Morgan fingerprint density at radius 2 is 1.69 bits per heavy atom. The van der Waals surface area contributed by atoms with Gasteiger partial charge in [0.2, 0.25) is 11.9 Å². The van der Waals surface area contributed by atoms with Gasteiger partial charge in [0.25, 0.3) is 0 Å². The van der Waals surface area contributed by atoms with Gasteiger partial charge in [0.15, 0.2) is 0 Å². The third-order valence-corrected chi connectivity index (χ3v) is 1.63. The molecule has 6 nitrogen and oxygen atoms in total. The fourth-order valence-corrected chi connectivity index (χ4v) is 0.928. The van der Waals surface area contributed by atoms with Crippen LogP contribution in [0.1, 0.15) is 0 Å². The molecule has 0 aliphatic carbocycles. The first-order valence-corrected chi connectivity index (χ1v) is 4.40. The average molecular weight is 263 g/mol. The van der Waals surface area contributed by atoms with E-state index in [0.29, 0.717) is 10.7 Å². The molecule has 88 valence electrons. The summed E-state index contributed by atoms with van der Waals surface area (Å²) >= 11 is 5.70. The number of guanidine groups is 2. The zero-order valence-electron chi connectivity index (χ0n) is 8.22.